The van der Waals surface area contributed by atoms with Gasteiger partial charge in [0.25, 0.3) is 0 Å². The summed E-state index contributed by atoms with van der Waals surface area (Å²) < 4.78 is 0. The van der Waals surface area contributed by atoms with Gasteiger partial charge in [-0.1, -0.05) is 177 Å². The lowest BCUT2D eigenvalue weighted by molar-refractivity contribution is -0.123. The van der Waals surface area contributed by atoms with Gasteiger partial charge in [0.1, 0.15) is 0 Å². The number of rotatable bonds is 34. The summed E-state index contributed by atoms with van der Waals surface area (Å²) in [4.78, 5) is 12.3. The molecule has 0 aliphatic rings. The Bertz CT molecular complexity index is 838. The Morgan fingerprint density at radius 2 is 0.936 bits per heavy atom. The van der Waals surface area contributed by atoms with E-state index in [4.69, 9.17) is 0 Å². The van der Waals surface area contributed by atoms with Crippen molar-refractivity contribution in [2.24, 2.45) is 0 Å². The van der Waals surface area contributed by atoms with E-state index in [0.717, 1.165) is 70.6 Å². The summed E-state index contributed by atoms with van der Waals surface area (Å²) >= 11 is 0. The van der Waals surface area contributed by atoms with Gasteiger partial charge in [-0.25, -0.2) is 0 Å². The molecular weight excluding hydrogens is 578 g/mol. The summed E-state index contributed by atoms with van der Waals surface area (Å²) in [7, 11) is 0. The van der Waals surface area contributed by atoms with Gasteiger partial charge in [-0.2, -0.15) is 0 Å². The molecule has 4 nitrogen and oxygen atoms in total. The molecule has 0 aromatic carbocycles. The van der Waals surface area contributed by atoms with E-state index >= 15 is 0 Å². The standard InChI is InChI=1S/C43H75NO3/c1-3-5-7-9-11-13-15-17-18-19-20-21-22-23-24-25-26-27-29-31-33-35-37-39-43(47)44-41(40-45)42(46)38-36-34-32-30-28-16-14-12-10-8-6-4-2/h5,7,11,13,17-18,20-21,23-24,36,38,41-42,45-46H,3-4,6,8-10,12,14-16,19,22,25-35,37,39-40H2,1-2H3,(H,44,47)/b7-5-,13-11-,18-17-,21-20-,24-23-,38-36+. The van der Waals surface area contributed by atoms with Gasteiger partial charge in [-0.05, 0) is 64.2 Å². The summed E-state index contributed by atoms with van der Waals surface area (Å²) in [6.45, 7) is 4.16. The summed E-state index contributed by atoms with van der Waals surface area (Å²) in [5, 5.41) is 22.9. The fourth-order valence-corrected chi connectivity index (χ4v) is 5.44. The van der Waals surface area contributed by atoms with Crippen LogP contribution in [0.2, 0.25) is 0 Å². The first-order valence-electron chi connectivity index (χ1n) is 19.7. The highest BCUT2D eigenvalue weighted by Gasteiger charge is 2.17. The zero-order valence-electron chi connectivity index (χ0n) is 30.8. The number of carbonyl (C=O) groups excluding carboxylic acids is 1. The van der Waals surface area contributed by atoms with E-state index in [1.807, 2.05) is 6.08 Å². The molecule has 2 unspecified atom stereocenters. The molecule has 0 rings (SSSR count). The van der Waals surface area contributed by atoms with Crippen molar-refractivity contribution in [1.82, 2.24) is 5.32 Å². The van der Waals surface area contributed by atoms with Crippen molar-refractivity contribution < 1.29 is 15.0 Å². The predicted molar refractivity (Wildman–Crippen MR) is 207 cm³/mol. The van der Waals surface area contributed by atoms with Crippen LogP contribution in [-0.4, -0.2) is 34.9 Å². The first-order valence-corrected chi connectivity index (χ1v) is 19.7. The summed E-state index contributed by atoms with van der Waals surface area (Å²) in [6, 6.07) is -0.630. The molecule has 0 spiro atoms. The third kappa shape index (κ3) is 35.0. The average molecular weight is 654 g/mol. The van der Waals surface area contributed by atoms with E-state index in [-0.39, 0.29) is 12.5 Å². The Hall–Kier alpha value is -2.17. The molecule has 47 heavy (non-hydrogen) atoms. The van der Waals surface area contributed by atoms with E-state index in [2.05, 4.69) is 79.9 Å². The monoisotopic (exact) mass is 654 g/mol. The van der Waals surface area contributed by atoms with Crippen LogP contribution in [0.1, 0.15) is 174 Å². The van der Waals surface area contributed by atoms with Crippen LogP contribution in [0, 0.1) is 0 Å². The zero-order chi connectivity index (χ0) is 34.3. The van der Waals surface area contributed by atoms with Crippen LogP contribution in [0.25, 0.3) is 0 Å². The largest absolute Gasteiger partial charge is 0.394 e. The number of nitrogens with one attached hydrogen (secondary N) is 1. The SMILES string of the molecule is CC/C=C\C/C=C\C/C=C\C/C=C\C/C=C\CCCCCCCCCC(=O)NC(CO)C(O)/C=C/CCCCCCCCCCCC. The second-order valence-corrected chi connectivity index (χ2v) is 13.0. The Labute approximate surface area is 291 Å². The highest BCUT2D eigenvalue weighted by Crippen LogP contribution is 2.13. The fourth-order valence-electron chi connectivity index (χ4n) is 5.44. The Balaban J connectivity index is 3.66. The molecule has 0 bridgehead atoms. The molecule has 0 aromatic rings. The second-order valence-electron chi connectivity index (χ2n) is 13.0. The van der Waals surface area contributed by atoms with Crippen molar-refractivity contribution in [3.63, 3.8) is 0 Å². The van der Waals surface area contributed by atoms with Crippen molar-refractivity contribution in [2.45, 2.75) is 187 Å². The van der Waals surface area contributed by atoms with Crippen LogP contribution >= 0.6 is 0 Å². The van der Waals surface area contributed by atoms with Crippen molar-refractivity contribution in [1.29, 1.82) is 0 Å². The maximum Gasteiger partial charge on any atom is 0.220 e. The number of aliphatic hydroxyl groups is 2. The molecule has 3 N–H and O–H groups in total. The van der Waals surface area contributed by atoms with E-state index in [9.17, 15) is 15.0 Å². The number of hydrogen-bond acceptors (Lipinski definition) is 3. The molecule has 0 aromatic heterocycles. The number of allylic oxidation sites excluding steroid dienone is 11. The van der Waals surface area contributed by atoms with Gasteiger partial charge in [-0.3, -0.25) is 4.79 Å². The molecule has 0 saturated heterocycles. The third-order valence-electron chi connectivity index (χ3n) is 8.45. The highest BCUT2D eigenvalue weighted by atomic mass is 16.3. The van der Waals surface area contributed by atoms with Gasteiger partial charge in [0, 0.05) is 6.42 Å². The van der Waals surface area contributed by atoms with Crippen LogP contribution in [0.5, 0.6) is 0 Å². The fraction of sp³-hybridized carbons (Fsp3) is 0.698. The number of amides is 1. The van der Waals surface area contributed by atoms with Gasteiger partial charge >= 0.3 is 0 Å². The molecule has 2 atom stereocenters. The minimum absolute atomic E-state index is 0.0803. The molecule has 0 radical (unpaired) electrons. The predicted octanol–water partition coefficient (Wildman–Crippen LogP) is 12.0. The molecule has 0 aliphatic heterocycles. The zero-order valence-corrected chi connectivity index (χ0v) is 30.8. The smallest absolute Gasteiger partial charge is 0.220 e. The lowest BCUT2D eigenvalue weighted by atomic mass is 10.1. The Kier molecular flexibility index (Phi) is 36.5. The van der Waals surface area contributed by atoms with Crippen molar-refractivity contribution in [2.75, 3.05) is 6.61 Å². The summed E-state index contributed by atoms with van der Waals surface area (Å²) in [6.07, 6.45) is 54.2. The molecule has 0 aliphatic carbocycles. The van der Waals surface area contributed by atoms with Crippen LogP contribution < -0.4 is 5.32 Å². The van der Waals surface area contributed by atoms with Gasteiger partial charge in [0.05, 0.1) is 18.8 Å². The summed E-state index contributed by atoms with van der Waals surface area (Å²) in [5.41, 5.74) is 0. The van der Waals surface area contributed by atoms with E-state index in [0.29, 0.717) is 6.42 Å². The first-order chi connectivity index (χ1) is 23.2. The topological polar surface area (TPSA) is 69.6 Å². The third-order valence-corrected chi connectivity index (χ3v) is 8.45. The van der Waals surface area contributed by atoms with Crippen molar-refractivity contribution in [3.8, 4) is 0 Å². The van der Waals surface area contributed by atoms with Crippen LogP contribution in [0.3, 0.4) is 0 Å². The molecule has 4 heteroatoms. The number of hydrogen-bond donors (Lipinski definition) is 3. The lowest BCUT2D eigenvalue weighted by Crippen LogP contribution is -2.45. The van der Waals surface area contributed by atoms with E-state index < -0.39 is 12.1 Å². The maximum absolute atomic E-state index is 12.3. The first kappa shape index (κ1) is 44.8. The molecule has 0 heterocycles. The minimum Gasteiger partial charge on any atom is -0.394 e. The molecule has 0 fully saturated rings. The summed E-state index contributed by atoms with van der Waals surface area (Å²) in [5.74, 6) is -0.0803. The molecule has 270 valence electrons. The lowest BCUT2D eigenvalue weighted by Gasteiger charge is -2.20. The number of carbonyl (C=O) groups is 1. The van der Waals surface area contributed by atoms with Crippen LogP contribution in [-0.2, 0) is 4.79 Å². The van der Waals surface area contributed by atoms with Crippen molar-refractivity contribution in [3.05, 3.63) is 72.9 Å². The number of aliphatic hydroxyl groups excluding tert-OH is 2. The Morgan fingerprint density at radius 1 is 0.532 bits per heavy atom. The molecule has 0 saturated carbocycles. The maximum atomic E-state index is 12.3. The van der Waals surface area contributed by atoms with Gasteiger partial charge in [0.15, 0.2) is 0 Å². The van der Waals surface area contributed by atoms with Gasteiger partial charge in [-0.15, -0.1) is 0 Å². The average Bonchev–Trinajstić information content (AvgIpc) is 3.07. The van der Waals surface area contributed by atoms with E-state index in [1.165, 1.54) is 83.5 Å². The van der Waals surface area contributed by atoms with Gasteiger partial charge in [0.2, 0.25) is 5.91 Å². The van der Waals surface area contributed by atoms with Crippen molar-refractivity contribution >= 4 is 5.91 Å². The van der Waals surface area contributed by atoms with Crippen LogP contribution in [0.4, 0.5) is 0 Å². The normalized spacial score (nSPS) is 13.9. The highest BCUT2D eigenvalue weighted by molar-refractivity contribution is 5.76. The molecule has 1 amide bonds. The van der Waals surface area contributed by atoms with Crippen LogP contribution in [0.15, 0.2) is 72.9 Å². The number of unbranched alkanes of at least 4 members (excludes halogenated alkanes) is 17. The molecular formula is C43H75NO3. The van der Waals surface area contributed by atoms with E-state index in [1.54, 1.807) is 6.08 Å². The van der Waals surface area contributed by atoms with Gasteiger partial charge < -0.3 is 15.5 Å². The minimum atomic E-state index is -0.846. The quantitative estimate of drug-likeness (QED) is 0.0478. The Morgan fingerprint density at radius 3 is 1.40 bits per heavy atom. The second kappa shape index (κ2) is 38.3.